The number of rotatable bonds is 2. The van der Waals surface area contributed by atoms with Crippen LogP contribution in [0.15, 0.2) is 6.07 Å². The van der Waals surface area contributed by atoms with E-state index in [9.17, 15) is 4.79 Å². The maximum absolute atomic E-state index is 12.9. The van der Waals surface area contributed by atoms with E-state index in [0.717, 1.165) is 24.5 Å². The molecular formula is C16H24ClN5O. The zero-order valence-electron chi connectivity index (χ0n) is 14.1. The van der Waals surface area contributed by atoms with Crippen LogP contribution in [0.25, 0.3) is 0 Å². The Morgan fingerprint density at radius 3 is 2.91 bits per heavy atom. The van der Waals surface area contributed by atoms with Crippen molar-refractivity contribution in [1.29, 1.82) is 0 Å². The first-order chi connectivity index (χ1) is 10.8. The summed E-state index contributed by atoms with van der Waals surface area (Å²) >= 11 is 5.99. The van der Waals surface area contributed by atoms with Crippen molar-refractivity contribution in [1.82, 2.24) is 20.4 Å². The van der Waals surface area contributed by atoms with E-state index in [2.05, 4.69) is 48.1 Å². The molecule has 6 nitrogen and oxygen atoms in total. The van der Waals surface area contributed by atoms with Crippen molar-refractivity contribution in [3.05, 3.63) is 16.9 Å². The van der Waals surface area contributed by atoms with Crippen molar-refractivity contribution in [2.24, 2.45) is 0 Å². The molecule has 1 aromatic rings. The molecule has 1 amide bonds. The number of amides is 1. The summed E-state index contributed by atoms with van der Waals surface area (Å²) in [6.07, 6.45) is 0. The predicted molar refractivity (Wildman–Crippen MR) is 90.9 cm³/mol. The molecule has 0 aromatic carbocycles. The second-order valence-corrected chi connectivity index (χ2v) is 7.74. The third-order valence-corrected chi connectivity index (χ3v) is 4.95. The molecule has 7 heteroatoms. The van der Waals surface area contributed by atoms with Crippen LogP contribution < -0.4 is 10.2 Å². The highest BCUT2D eigenvalue weighted by atomic mass is 35.5. The molecule has 0 bridgehead atoms. The van der Waals surface area contributed by atoms with Crippen molar-refractivity contribution in [2.45, 2.75) is 45.2 Å². The van der Waals surface area contributed by atoms with E-state index < -0.39 is 0 Å². The lowest BCUT2D eigenvalue weighted by atomic mass is 9.92. The number of nitrogens with zero attached hydrogens (tertiary/aromatic N) is 4. The molecule has 126 valence electrons. The third kappa shape index (κ3) is 3.20. The molecule has 1 saturated heterocycles. The molecule has 0 aliphatic carbocycles. The molecule has 3 heterocycles. The lowest BCUT2D eigenvalue weighted by Gasteiger charge is -2.37. The number of hydrogen-bond donors (Lipinski definition) is 1. The van der Waals surface area contributed by atoms with E-state index in [0.29, 0.717) is 30.3 Å². The lowest BCUT2D eigenvalue weighted by Crippen LogP contribution is -2.56. The van der Waals surface area contributed by atoms with Crippen LogP contribution in [0.3, 0.4) is 0 Å². The van der Waals surface area contributed by atoms with Crippen LogP contribution in [0.1, 0.15) is 33.4 Å². The first-order valence-corrected chi connectivity index (χ1v) is 8.47. The Hall–Kier alpha value is -1.24. The molecule has 1 aromatic heterocycles. The SMILES string of the molecule is C[C@@H]1CN(CC(=O)N2CC(C)(C)c3nnc(Cl)cc32)[C@@H](C)CN1. The van der Waals surface area contributed by atoms with Gasteiger partial charge in [0.2, 0.25) is 5.91 Å². The summed E-state index contributed by atoms with van der Waals surface area (Å²) in [4.78, 5) is 17.0. The molecule has 0 unspecified atom stereocenters. The molecule has 0 radical (unpaired) electrons. The van der Waals surface area contributed by atoms with E-state index in [-0.39, 0.29) is 11.3 Å². The summed E-state index contributed by atoms with van der Waals surface area (Å²) in [7, 11) is 0. The van der Waals surface area contributed by atoms with Crippen LogP contribution in [0, 0.1) is 0 Å². The van der Waals surface area contributed by atoms with Gasteiger partial charge in [0.05, 0.1) is 17.9 Å². The maximum Gasteiger partial charge on any atom is 0.241 e. The highest BCUT2D eigenvalue weighted by Crippen LogP contribution is 2.39. The number of carbonyl (C=O) groups is 1. The van der Waals surface area contributed by atoms with Crippen LogP contribution in [0.4, 0.5) is 5.69 Å². The molecule has 1 fully saturated rings. The Bertz CT molecular complexity index is 620. The first-order valence-electron chi connectivity index (χ1n) is 8.09. The molecule has 3 rings (SSSR count). The van der Waals surface area contributed by atoms with E-state index >= 15 is 0 Å². The predicted octanol–water partition coefficient (Wildman–Crippen LogP) is 1.44. The van der Waals surface area contributed by atoms with Gasteiger partial charge in [0.25, 0.3) is 0 Å². The number of nitrogens with one attached hydrogen (secondary N) is 1. The van der Waals surface area contributed by atoms with Crippen LogP contribution in [0.5, 0.6) is 0 Å². The minimum absolute atomic E-state index is 0.0989. The Kier molecular flexibility index (Phi) is 4.33. The van der Waals surface area contributed by atoms with Crippen molar-refractivity contribution < 1.29 is 4.79 Å². The minimum atomic E-state index is -0.203. The number of carbonyl (C=O) groups excluding carboxylic acids is 1. The van der Waals surface area contributed by atoms with Gasteiger partial charge in [-0.2, -0.15) is 5.10 Å². The second-order valence-electron chi connectivity index (χ2n) is 7.35. The van der Waals surface area contributed by atoms with E-state index in [4.69, 9.17) is 11.6 Å². The molecule has 2 aliphatic rings. The number of fused-ring (bicyclic) bond motifs is 1. The van der Waals surface area contributed by atoms with Crippen molar-refractivity contribution in [3.63, 3.8) is 0 Å². The average molecular weight is 338 g/mol. The molecule has 23 heavy (non-hydrogen) atoms. The van der Waals surface area contributed by atoms with Crippen LogP contribution in [-0.2, 0) is 10.2 Å². The second kappa shape index (κ2) is 6.00. The van der Waals surface area contributed by atoms with Crippen LogP contribution in [0.2, 0.25) is 5.15 Å². The van der Waals surface area contributed by atoms with E-state index in [1.54, 1.807) is 6.07 Å². The van der Waals surface area contributed by atoms with E-state index in [1.165, 1.54) is 0 Å². The van der Waals surface area contributed by atoms with Gasteiger partial charge in [0.15, 0.2) is 5.15 Å². The number of aromatic nitrogens is 2. The summed E-state index contributed by atoms with van der Waals surface area (Å²) in [6, 6.07) is 2.51. The zero-order chi connectivity index (χ0) is 16.8. The standard InChI is InChI=1S/C16H24ClN5O/c1-10-7-21(11(2)6-18-10)8-14(23)22-9-16(3,4)15-12(22)5-13(17)19-20-15/h5,10-11,18H,6-9H2,1-4H3/t10-,11+/m1/s1. The fraction of sp³-hybridized carbons (Fsp3) is 0.688. The summed E-state index contributed by atoms with van der Waals surface area (Å²) in [6.45, 7) is 11.3. The van der Waals surface area contributed by atoms with Gasteiger partial charge in [-0.25, -0.2) is 0 Å². The highest BCUT2D eigenvalue weighted by molar-refractivity contribution is 6.29. The van der Waals surface area contributed by atoms with Gasteiger partial charge in [-0.15, -0.1) is 5.10 Å². The summed E-state index contributed by atoms with van der Waals surface area (Å²) < 4.78 is 0. The average Bonchev–Trinajstić information content (AvgIpc) is 2.74. The fourth-order valence-corrected chi connectivity index (χ4v) is 3.54. The van der Waals surface area contributed by atoms with Gasteiger partial charge in [-0.1, -0.05) is 25.4 Å². The van der Waals surface area contributed by atoms with Gasteiger partial charge in [0.1, 0.15) is 0 Å². The highest BCUT2D eigenvalue weighted by Gasteiger charge is 2.40. The summed E-state index contributed by atoms with van der Waals surface area (Å²) in [5, 5.41) is 11.9. The fourth-order valence-electron chi connectivity index (χ4n) is 3.40. The lowest BCUT2D eigenvalue weighted by molar-refractivity contribution is -0.120. The van der Waals surface area contributed by atoms with Gasteiger partial charge in [0, 0.05) is 43.2 Å². The molecular weight excluding hydrogens is 314 g/mol. The van der Waals surface area contributed by atoms with Gasteiger partial charge >= 0.3 is 0 Å². The summed E-state index contributed by atoms with van der Waals surface area (Å²) in [5.41, 5.74) is 1.44. The van der Waals surface area contributed by atoms with E-state index in [1.807, 2.05) is 4.90 Å². The van der Waals surface area contributed by atoms with Crippen molar-refractivity contribution in [2.75, 3.05) is 31.1 Å². The molecule has 0 spiro atoms. The molecule has 0 saturated carbocycles. The topological polar surface area (TPSA) is 61.4 Å². The van der Waals surface area contributed by atoms with Gasteiger partial charge in [-0.05, 0) is 13.8 Å². The quantitative estimate of drug-likeness (QED) is 0.884. The Morgan fingerprint density at radius 1 is 1.43 bits per heavy atom. The maximum atomic E-state index is 12.9. The zero-order valence-corrected chi connectivity index (χ0v) is 14.9. The Balaban J connectivity index is 1.80. The van der Waals surface area contributed by atoms with Crippen molar-refractivity contribution in [3.8, 4) is 0 Å². The molecule has 2 aliphatic heterocycles. The molecule has 2 atom stereocenters. The third-order valence-electron chi connectivity index (χ3n) is 4.76. The first kappa shape index (κ1) is 16.6. The number of piperazine rings is 1. The van der Waals surface area contributed by atoms with Crippen molar-refractivity contribution >= 4 is 23.2 Å². The number of hydrogen-bond acceptors (Lipinski definition) is 5. The van der Waals surface area contributed by atoms with Crippen LogP contribution >= 0.6 is 11.6 Å². The number of anilines is 1. The Morgan fingerprint density at radius 2 is 2.17 bits per heavy atom. The molecule has 1 N–H and O–H groups in total. The Labute approximate surface area is 142 Å². The summed E-state index contributed by atoms with van der Waals surface area (Å²) in [5.74, 6) is 0.0989. The van der Waals surface area contributed by atoms with Crippen LogP contribution in [-0.4, -0.2) is 59.3 Å². The van der Waals surface area contributed by atoms with Gasteiger partial charge in [-0.3, -0.25) is 9.69 Å². The monoisotopic (exact) mass is 337 g/mol. The number of halogens is 1. The van der Waals surface area contributed by atoms with Gasteiger partial charge < -0.3 is 10.2 Å². The smallest absolute Gasteiger partial charge is 0.241 e. The normalized spacial score (nSPS) is 27.1. The largest absolute Gasteiger partial charge is 0.311 e. The minimum Gasteiger partial charge on any atom is -0.311 e.